The van der Waals surface area contributed by atoms with Crippen LogP contribution in [0.5, 0.6) is 0 Å². The number of benzene rings is 4. The minimum Gasteiger partial charge on any atom is -0.378 e. The van der Waals surface area contributed by atoms with E-state index in [9.17, 15) is 0 Å². The van der Waals surface area contributed by atoms with Crippen molar-refractivity contribution in [2.45, 2.75) is 0 Å². The summed E-state index contributed by atoms with van der Waals surface area (Å²) in [6.45, 7) is 0. The Morgan fingerprint density at radius 2 is 0.941 bits per heavy atom. The van der Waals surface area contributed by atoms with Crippen LogP contribution in [0, 0.1) is 0 Å². The third-order valence-corrected chi connectivity index (χ3v) is 5.69. The third kappa shape index (κ3) is 5.41. The summed E-state index contributed by atoms with van der Waals surface area (Å²) >= 11 is 0. The molecule has 0 saturated carbocycles. The number of para-hydroxylation sites is 2. The van der Waals surface area contributed by atoms with Gasteiger partial charge in [-0.15, -0.1) is 0 Å². The summed E-state index contributed by atoms with van der Waals surface area (Å²) in [5.41, 5.74) is 7.65. The highest BCUT2D eigenvalue weighted by Crippen LogP contribution is 2.28. The molecule has 4 aromatic rings. The second-order valence-corrected chi connectivity index (χ2v) is 8.52. The average Bonchev–Trinajstić information content (AvgIpc) is 2.88. The normalized spacial score (nSPS) is 10.4. The topological polar surface area (TPSA) is 21.9 Å². The molecule has 4 nitrogen and oxygen atoms in total. The lowest BCUT2D eigenvalue weighted by atomic mass is 9.98. The summed E-state index contributed by atoms with van der Waals surface area (Å²) < 4.78 is 1.97. The molecule has 0 bridgehead atoms. The molecular weight excluding hydrogens is 416 g/mol. The van der Waals surface area contributed by atoms with E-state index in [-0.39, 0.29) is 0 Å². The molecule has 0 atom stereocenters. The van der Waals surface area contributed by atoms with Crippen LogP contribution in [0.4, 0.5) is 22.7 Å². The van der Waals surface area contributed by atoms with E-state index < -0.39 is 0 Å². The van der Waals surface area contributed by atoms with Crippen LogP contribution >= 0.6 is 0 Å². The van der Waals surface area contributed by atoms with E-state index in [2.05, 4.69) is 111 Å². The SMILES string of the molecule is CN(C)c1ccc(C(=CN=[N+](c2ccccc2)c2ccccc2)c2ccc(N(C)C)cc2)cc1. The summed E-state index contributed by atoms with van der Waals surface area (Å²) in [5, 5.41) is 4.98. The standard InChI is InChI=1S/C30H31N4/c1-32(2)26-19-15-24(16-20-26)30(25-17-21-27(22-18-25)33(3)4)23-31-34(28-11-7-5-8-12-28)29-13-9-6-10-14-29/h5-23H,1-4H3/q+1. The van der Waals surface area contributed by atoms with Gasteiger partial charge in [-0.1, -0.05) is 60.7 Å². The van der Waals surface area contributed by atoms with Gasteiger partial charge in [0.25, 0.3) is 0 Å². The highest BCUT2D eigenvalue weighted by Gasteiger charge is 2.15. The van der Waals surface area contributed by atoms with E-state index in [1.807, 2.05) is 47.3 Å². The first-order valence-electron chi connectivity index (χ1n) is 11.4. The molecule has 0 unspecified atom stereocenters. The molecule has 0 aliphatic carbocycles. The fraction of sp³-hybridized carbons (Fsp3) is 0.133. The van der Waals surface area contributed by atoms with Crippen molar-refractivity contribution in [3.63, 3.8) is 0 Å². The van der Waals surface area contributed by atoms with Crippen molar-refractivity contribution in [1.82, 2.24) is 4.70 Å². The minimum atomic E-state index is 1.01. The van der Waals surface area contributed by atoms with E-state index in [4.69, 9.17) is 5.11 Å². The molecule has 0 fully saturated rings. The van der Waals surface area contributed by atoms with Crippen LogP contribution in [0.15, 0.2) is 121 Å². The molecule has 0 radical (unpaired) electrons. The molecular formula is C30H31N4+. The van der Waals surface area contributed by atoms with Crippen molar-refractivity contribution < 1.29 is 0 Å². The number of rotatable bonds is 7. The molecule has 0 spiro atoms. The lowest BCUT2D eigenvalue weighted by Crippen LogP contribution is -2.08. The molecule has 0 N–H and O–H groups in total. The molecule has 4 rings (SSSR count). The summed E-state index contributed by atoms with van der Waals surface area (Å²) in [6.07, 6.45) is 1.97. The highest BCUT2D eigenvalue weighted by atomic mass is 15.3. The first kappa shape index (κ1) is 23.0. The van der Waals surface area contributed by atoms with Gasteiger partial charge in [-0.25, -0.2) is 0 Å². The fourth-order valence-electron chi connectivity index (χ4n) is 3.73. The van der Waals surface area contributed by atoms with Crippen molar-refractivity contribution in [1.29, 1.82) is 0 Å². The Labute approximate surface area is 202 Å². The maximum atomic E-state index is 4.98. The molecule has 0 amide bonds. The van der Waals surface area contributed by atoms with Gasteiger partial charge in [-0.3, -0.25) is 0 Å². The quantitative estimate of drug-likeness (QED) is 0.221. The second kappa shape index (κ2) is 10.6. The van der Waals surface area contributed by atoms with E-state index in [0.717, 1.165) is 39.4 Å². The molecule has 0 aliphatic rings. The Bertz CT molecular complexity index is 1160. The van der Waals surface area contributed by atoms with Gasteiger partial charge >= 0.3 is 0 Å². The lowest BCUT2D eigenvalue weighted by molar-refractivity contribution is 0.898. The van der Waals surface area contributed by atoms with Crippen LogP contribution in [-0.4, -0.2) is 28.2 Å². The summed E-state index contributed by atoms with van der Waals surface area (Å²) in [4.78, 5) is 4.21. The predicted octanol–water partition coefficient (Wildman–Crippen LogP) is 7.19. The van der Waals surface area contributed by atoms with Gasteiger partial charge in [-0.05, 0) is 45.2 Å². The Morgan fingerprint density at radius 3 is 1.29 bits per heavy atom. The zero-order valence-electron chi connectivity index (χ0n) is 20.3. The lowest BCUT2D eigenvalue weighted by Gasteiger charge is -2.15. The number of hydrogen-bond donors (Lipinski definition) is 0. The van der Waals surface area contributed by atoms with Gasteiger partial charge in [0.05, 0.1) is 0 Å². The van der Waals surface area contributed by atoms with Gasteiger partial charge in [0.1, 0.15) is 6.20 Å². The molecule has 0 saturated heterocycles. The molecule has 0 heterocycles. The van der Waals surface area contributed by atoms with Crippen LogP contribution in [-0.2, 0) is 0 Å². The average molecular weight is 448 g/mol. The van der Waals surface area contributed by atoms with Crippen molar-refractivity contribution in [3.8, 4) is 0 Å². The largest absolute Gasteiger partial charge is 0.378 e. The zero-order chi connectivity index (χ0) is 23.9. The van der Waals surface area contributed by atoms with E-state index in [1.54, 1.807) is 0 Å². The van der Waals surface area contributed by atoms with Crippen LogP contribution in [0.2, 0.25) is 0 Å². The fourth-order valence-corrected chi connectivity index (χ4v) is 3.73. The molecule has 0 aromatic heterocycles. The molecule has 4 heteroatoms. The maximum absolute atomic E-state index is 4.98. The van der Waals surface area contributed by atoms with Crippen LogP contribution < -0.4 is 14.5 Å². The van der Waals surface area contributed by atoms with Crippen molar-refractivity contribution in [2.75, 3.05) is 38.0 Å². The number of hydrogen-bond acceptors (Lipinski definition) is 3. The summed E-state index contributed by atoms with van der Waals surface area (Å²) in [7, 11) is 8.22. The Balaban J connectivity index is 1.85. The third-order valence-electron chi connectivity index (χ3n) is 5.69. The van der Waals surface area contributed by atoms with E-state index >= 15 is 0 Å². The Kier molecular flexibility index (Phi) is 7.19. The second-order valence-electron chi connectivity index (χ2n) is 8.52. The number of nitrogens with zero attached hydrogens (tertiary/aromatic N) is 4. The smallest absolute Gasteiger partial charge is 0.238 e. The van der Waals surface area contributed by atoms with Gasteiger partial charge in [0, 0.05) is 69.4 Å². The Hall–Kier alpha value is -4.18. The van der Waals surface area contributed by atoms with Gasteiger partial charge in [0.15, 0.2) is 0 Å². The highest BCUT2D eigenvalue weighted by molar-refractivity contribution is 5.81. The number of anilines is 2. The first-order chi connectivity index (χ1) is 16.5. The monoisotopic (exact) mass is 447 g/mol. The molecule has 0 aliphatic heterocycles. The Morgan fingerprint density at radius 1 is 0.559 bits per heavy atom. The molecule has 4 aromatic carbocycles. The maximum Gasteiger partial charge on any atom is 0.238 e. The van der Waals surface area contributed by atoms with Crippen molar-refractivity contribution in [2.24, 2.45) is 5.11 Å². The van der Waals surface area contributed by atoms with Gasteiger partial charge < -0.3 is 9.80 Å². The van der Waals surface area contributed by atoms with Crippen LogP contribution in [0.1, 0.15) is 11.1 Å². The molecule has 34 heavy (non-hydrogen) atoms. The zero-order valence-corrected chi connectivity index (χ0v) is 20.3. The van der Waals surface area contributed by atoms with Crippen LogP contribution in [0.25, 0.3) is 5.57 Å². The van der Waals surface area contributed by atoms with E-state index in [0.29, 0.717) is 0 Å². The van der Waals surface area contributed by atoms with Crippen LogP contribution in [0.3, 0.4) is 0 Å². The minimum absolute atomic E-state index is 1.01. The van der Waals surface area contributed by atoms with Gasteiger partial charge in [-0.2, -0.15) is 0 Å². The first-order valence-corrected chi connectivity index (χ1v) is 11.4. The summed E-state index contributed by atoms with van der Waals surface area (Å²) in [5.74, 6) is 0. The van der Waals surface area contributed by atoms with Crippen molar-refractivity contribution in [3.05, 3.63) is 127 Å². The van der Waals surface area contributed by atoms with E-state index in [1.165, 1.54) is 0 Å². The summed E-state index contributed by atoms with van der Waals surface area (Å²) in [6, 6.07) is 37.7. The van der Waals surface area contributed by atoms with Crippen molar-refractivity contribution >= 4 is 28.3 Å². The number of azo groups is 2. The predicted molar refractivity (Wildman–Crippen MR) is 145 cm³/mol. The van der Waals surface area contributed by atoms with Gasteiger partial charge in [0.2, 0.25) is 11.4 Å². The molecule has 170 valence electrons.